The molecule has 0 aromatic heterocycles. The van der Waals surface area contributed by atoms with Crippen LogP contribution in [0.5, 0.6) is 0 Å². The first-order chi connectivity index (χ1) is 7.51. The van der Waals surface area contributed by atoms with Crippen LogP contribution in [0.1, 0.15) is 20.3 Å². The standard InChI is InChI=1S/C11H24N2O3/c1-8(2)4-9(5-12)11(15)13-6-10(14)7-16-3/h8-10,14H,4-7,12H2,1-3H3,(H,13,15). The molecule has 0 bridgehead atoms. The quantitative estimate of drug-likeness (QED) is 0.538. The third-order valence-electron chi connectivity index (χ3n) is 2.28. The molecule has 0 spiro atoms. The Bertz CT molecular complexity index is 198. The lowest BCUT2D eigenvalue weighted by Crippen LogP contribution is -2.40. The van der Waals surface area contributed by atoms with Crippen LogP contribution in [0.25, 0.3) is 0 Å². The van der Waals surface area contributed by atoms with E-state index in [1.807, 2.05) is 0 Å². The second-order valence-electron chi connectivity index (χ2n) is 4.42. The normalized spacial score (nSPS) is 14.9. The molecule has 0 fully saturated rings. The number of aliphatic hydroxyl groups is 1. The lowest BCUT2D eigenvalue weighted by Gasteiger charge is -2.18. The smallest absolute Gasteiger partial charge is 0.224 e. The van der Waals surface area contributed by atoms with E-state index in [4.69, 9.17) is 10.5 Å². The SMILES string of the molecule is COCC(O)CNC(=O)C(CN)CC(C)C. The van der Waals surface area contributed by atoms with Crippen molar-refractivity contribution in [3.8, 4) is 0 Å². The van der Waals surface area contributed by atoms with E-state index in [9.17, 15) is 9.90 Å². The molecule has 0 radical (unpaired) electrons. The van der Waals surface area contributed by atoms with Gasteiger partial charge in [0.25, 0.3) is 0 Å². The third kappa shape index (κ3) is 6.76. The van der Waals surface area contributed by atoms with Gasteiger partial charge in [-0.3, -0.25) is 4.79 Å². The molecule has 0 saturated heterocycles. The number of carbonyl (C=O) groups is 1. The number of carbonyl (C=O) groups excluding carboxylic acids is 1. The number of methoxy groups -OCH3 is 1. The van der Waals surface area contributed by atoms with Gasteiger partial charge in [0.05, 0.1) is 18.6 Å². The molecule has 2 unspecified atom stereocenters. The van der Waals surface area contributed by atoms with Crippen LogP contribution < -0.4 is 11.1 Å². The van der Waals surface area contributed by atoms with Crippen molar-refractivity contribution in [3.63, 3.8) is 0 Å². The van der Waals surface area contributed by atoms with E-state index in [0.29, 0.717) is 12.5 Å². The highest BCUT2D eigenvalue weighted by atomic mass is 16.5. The molecule has 0 saturated carbocycles. The molecule has 0 aromatic carbocycles. The van der Waals surface area contributed by atoms with E-state index in [1.54, 1.807) is 0 Å². The van der Waals surface area contributed by atoms with E-state index in [2.05, 4.69) is 19.2 Å². The fourth-order valence-corrected chi connectivity index (χ4v) is 1.49. The fraction of sp³-hybridized carbons (Fsp3) is 0.909. The molecule has 0 aliphatic rings. The van der Waals surface area contributed by atoms with Gasteiger partial charge in [-0.2, -0.15) is 0 Å². The van der Waals surface area contributed by atoms with Crippen LogP contribution in [0.4, 0.5) is 0 Å². The second-order valence-corrected chi connectivity index (χ2v) is 4.42. The molecule has 0 aliphatic heterocycles. The van der Waals surface area contributed by atoms with Crippen LogP contribution in [-0.2, 0) is 9.53 Å². The van der Waals surface area contributed by atoms with Gasteiger partial charge in [-0.05, 0) is 12.3 Å². The molecule has 5 heteroatoms. The van der Waals surface area contributed by atoms with Crippen molar-refractivity contribution in [2.75, 3.05) is 26.8 Å². The number of hydrogen-bond acceptors (Lipinski definition) is 4. The van der Waals surface area contributed by atoms with E-state index < -0.39 is 6.10 Å². The van der Waals surface area contributed by atoms with Crippen LogP contribution in [0.2, 0.25) is 0 Å². The van der Waals surface area contributed by atoms with Gasteiger partial charge in [0.1, 0.15) is 0 Å². The number of amides is 1. The maximum absolute atomic E-state index is 11.7. The highest BCUT2D eigenvalue weighted by molar-refractivity contribution is 5.78. The maximum atomic E-state index is 11.7. The topological polar surface area (TPSA) is 84.6 Å². The van der Waals surface area contributed by atoms with Gasteiger partial charge in [-0.15, -0.1) is 0 Å². The minimum atomic E-state index is -0.661. The molecular formula is C11H24N2O3. The van der Waals surface area contributed by atoms with E-state index in [1.165, 1.54) is 7.11 Å². The molecule has 16 heavy (non-hydrogen) atoms. The first-order valence-electron chi connectivity index (χ1n) is 5.66. The Hall–Kier alpha value is -0.650. The number of nitrogens with two attached hydrogens (primary N) is 1. The van der Waals surface area contributed by atoms with Gasteiger partial charge < -0.3 is 20.9 Å². The Morgan fingerprint density at radius 2 is 2.12 bits per heavy atom. The number of aliphatic hydroxyl groups excluding tert-OH is 1. The number of rotatable bonds is 8. The van der Waals surface area contributed by atoms with Crippen LogP contribution in [0, 0.1) is 11.8 Å². The molecule has 0 heterocycles. The van der Waals surface area contributed by atoms with Crippen LogP contribution in [-0.4, -0.2) is 43.9 Å². The molecule has 1 amide bonds. The molecule has 4 N–H and O–H groups in total. The predicted molar refractivity (Wildman–Crippen MR) is 62.9 cm³/mol. The second kappa shape index (κ2) is 8.50. The zero-order valence-corrected chi connectivity index (χ0v) is 10.4. The average molecular weight is 232 g/mol. The van der Waals surface area contributed by atoms with Crippen molar-refractivity contribution in [2.45, 2.75) is 26.4 Å². The fourth-order valence-electron chi connectivity index (χ4n) is 1.49. The lowest BCUT2D eigenvalue weighted by atomic mass is 9.96. The van der Waals surface area contributed by atoms with Gasteiger partial charge in [-0.1, -0.05) is 13.8 Å². The predicted octanol–water partition coefficient (Wildman–Crippen LogP) is -0.269. The molecule has 0 aliphatic carbocycles. The van der Waals surface area contributed by atoms with Crippen LogP contribution in [0.3, 0.4) is 0 Å². The Balaban J connectivity index is 3.92. The van der Waals surface area contributed by atoms with Gasteiger partial charge in [-0.25, -0.2) is 0 Å². The van der Waals surface area contributed by atoms with Crippen molar-refractivity contribution in [1.29, 1.82) is 0 Å². The zero-order chi connectivity index (χ0) is 12.6. The van der Waals surface area contributed by atoms with Gasteiger partial charge in [0, 0.05) is 20.2 Å². The van der Waals surface area contributed by atoms with E-state index in [0.717, 1.165) is 6.42 Å². The summed E-state index contributed by atoms with van der Waals surface area (Å²) in [5.74, 6) is 0.171. The zero-order valence-electron chi connectivity index (χ0n) is 10.4. The average Bonchev–Trinajstić information content (AvgIpc) is 2.22. The number of ether oxygens (including phenoxy) is 1. The van der Waals surface area contributed by atoms with Crippen molar-refractivity contribution in [1.82, 2.24) is 5.32 Å². The largest absolute Gasteiger partial charge is 0.389 e. The molecule has 0 aromatic rings. The van der Waals surface area contributed by atoms with Crippen molar-refractivity contribution >= 4 is 5.91 Å². The molecule has 0 rings (SSSR count). The van der Waals surface area contributed by atoms with Crippen LogP contribution >= 0.6 is 0 Å². The summed E-state index contributed by atoms with van der Waals surface area (Å²) in [5, 5.41) is 12.0. The van der Waals surface area contributed by atoms with Gasteiger partial charge in [0.2, 0.25) is 5.91 Å². The van der Waals surface area contributed by atoms with Gasteiger partial charge >= 0.3 is 0 Å². The highest BCUT2D eigenvalue weighted by Crippen LogP contribution is 2.10. The summed E-state index contributed by atoms with van der Waals surface area (Å²) in [7, 11) is 1.51. The Kier molecular flexibility index (Phi) is 8.15. The van der Waals surface area contributed by atoms with Crippen molar-refractivity contribution < 1.29 is 14.6 Å². The number of hydrogen-bond donors (Lipinski definition) is 3. The number of nitrogens with one attached hydrogen (secondary N) is 1. The summed E-state index contributed by atoms with van der Waals surface area (Å²) in [6.45, 7) is 4.87. The van der Waals surface area contributed by atoms with Crippen molar-refractivity contribution in [2.24, 2.45) is 17.6 Å². The summed E-state index contributed by atoms with van der Waals surface area (Å²) in [6, 6.07) is 0. The summed E-state index contributed by atoms with van der Waals surface area (Å²) < 4.78 is 4.76. The first-order valence-corrected chi connectivity index (χ1v) is 5.66. The summed E-state index contributed by atoms with van der Waals surface area (Å²) >= 11 is 0. The third-order valence-corrected chi connectivity index (χ3v) is 2.28. The summed E-state index contributed by atoms with van der Waals surface area (Å²) in [4.78, 5) is 11.7. The van der Waals surface area contributed by atoms with Crippen LogP contribution in [0.15, 0.2) is 0 Å². The Morgan fingerprint density at radius 3 is 2.56 bits per heavy atom. The maximum Gasteiger partial charge on any atom is 0.224 e. The monoisotopic (exact) mass is 232 g/mol. The molecule has 2 atom stereocenters. The van der Waals surface area contributed by atoms with Crippen molar-refractivity contribution in [3.05, 3.63) is 0 Å². The molecular weight excluding hydrogens is 208 g/mol. The van der Waals surface area contributed by atoms with E-state index >= 15 is 0 Å². The Morgan fingerprint density at radius 1 is 1.50 bits per heavy atom. The summed E-state index contributed by atoms with van der Waals surface area (Å²) in [5.41, 5.74) is 5.54. The lowest BCUT2D eigenvalue weighted by molar-refractivity contribution is -0.125. The van der Waals surface area contributed by atoms with Gasteiger partial charge in [0.15, 0.2) is 0 Å². The van der Waals surface area contributed by atoms with E-state index in [-0.39, 0.29) is 25.0 Å². The summed E-state index contributed by atoms with van der Waals surface area (Å²) in [6.07, 6.45) is 0.106. The Labute approximate surface area is 97.3 Å². The minimum Gasteiger partial charge on any atom is -0.389 e. The highest BCUT2D eigenvalue weighted by Gasteiger charge is 2.18. The minimum absolute atomic E-state index is 0.0913. The molecule has 96 valence electrons. The first kappa shape index (κ1) is 15.3. The molecule has 5 nitrogen and oxygen atoms in total.